The second-order valence-electron chi connectivity index (χ2n) is 6.27. The van der Waals surface area contributed by atoms with Crippen LogP contribution in [0.5, 0.6) is 0 Å². The third-order valence-electron chi connectivity index (χ3n) is 3.34. The van der Waals surface area contributed by atoms with E-state index >= 15 is 0 Å². The molecule has 1 aromatic rings. The van der Waals surface area contributed by atoms with E-state index in [-0.39, 0.29) is 5.54 Å². The Balaban J connectivity index is 1.77. The molecule has 1 aromatic heterocycles. The first kappa shape index (κ1) is 13.5. The SMILES string of the molecule is CC(C)(C)NC1CCN(Cc2ccccn2)CC1. The number of piperidine rings is 1. The van der Waals surface area contributed by atoms with E-state index in [1.165, 1.54) is 31.6 Å². The number of nitrogens with one attached hydrogen (secondary N) is 1. The van der Waals surface area contributed by atoms with Crippen LogP contribution in [0.15, 0.2) is 24.4 Å². The number of hydrogen-bond acceptors (Lipinski definition) is 3. The standard InChI is InChI=1S/C15H25N3/c1-15(2,3)17-13-7-10-18(11-8-13)12-14-6-4-5-9-16-14/h4-6,9,13,17H,7-8,10-12H2,1-3H3. The zero-order valence-electron chi connectivity index (χ0n) is 11.8. The van der Waals surface area contributed by atoms with Gasteiger partial charge in [0.15, 0.2) is 0 Å². The molecule has 100 valence electrons. The van der Waals surface area contributed by atoms with Crippen LogP contribution in [-0.2, 0) is 6.54 Å². The van der Waals surface area contributed by atoms with Gasteiger partial charge in [0.25, 0.3) is 0 Å². The monoisotopic (exact) mass is 247 g/mol. The first-order valence-electron chi connectivity index (χ1n) is 6.93. The summed E-state index contributed by atoms with van der Waals surface area (Å²) in [5, 5.41) is 3.70. The third-order valence-corrected chi connectivity index (χ3v) is 3.34. The van der Waals surface area contributed by atoms with Gasteiger partial charge >= 0.3 is 0 Å². The Morgan fingerprint density at radius 1 is 1.28 bits per heavy atom. The Morgan fingerprint density at radius 3 is 2.56 bits per heavy atom. The summed E-state index contributed by atoms with van der Waals surface area (Å²) in [6.45, 7) is 10.1. The van der Waals surface area contributed by atoms with Crippen LogP contribution in [0, 0.1) is 0 Å². The number of hydrogen-bond donors (Lipinski definition) is 1. The van der Waals surface area contributed by atoms with Gasteiger partial charge in [0.2, 0.25) is 0 Å². The first-order valence-corrected chi connectivity index (χ1v) is 6.93. The van der Waals surface area contributed by atoms with Crippen LogP contribution in [0.4, 0.5) is 0 Å². The Hall–Kier alpha value is -0.930. The van der Waals surface area contributed by atoms with Gasteiger partial charge in [-0.3, -0.25) is 9.88 Å². The quantitative estimate of drug-likeness (QED) is 0.889. The van der Waals surface area contributed by atoms with E-state index in [2.05, 4.69) is 48.1 Å². The highest BCUT2D eigenvalue weighted by Crippen LogP contribution is 2.15. The summed E-state index contributed by atoms with van der Waals surface area (Å²) in [4.78, 5) is 6.90. The average molecular weight is 247 g/mol. The van der Waals surface area contributed by atoms with Crippen molar-refractivity contribution in [1.29, 1.82) is 0 Å². The number of likely N-dealkylation sites (tertiary alicyclic amines) is 1. The molecule has 18 heavy (non-hydrogen) atoms. The molecule has 0 aliphatic carbocycles. The summed E-state index contributed by atoms with van der Waals surface area (Å²) in [6, 6.07) is 6.82. The highest BCUT2D eigenvalue weighted by atomic mass is 15.2. The Bertz CT molecular complexity index is 348. The van der Waals surface area contributed by atoms with Crippen LogP contribution in [0.3, 0.4) is 0 Å². The van der Waals surface area contributed by atoms with Crippen molar-refractivity contribution in [2.75, 3.05) is 13.1 Å². The van der Waals surface area contributed by atoms with Crippen molar-refractivity contribution in [3.63, 3.8) is 0 Å². The van der Waals surface area contributed by atoms with E-state index in [4.69, 9.17) is 0 Å². The number of aromatic nitrogens is 1. The summed E-state index contributed by atoms with van der Waals surface area (Å²) in [6.07, 6.45) is 4.36. The molecule has 3 heteroatoms. The topological polar surface area (TPSA) is 28.2 Å². The molecular weight excluding hydrogens is 222 g/mol. The predicted octanol–water partition coefficient (Wildman–Crippen LogP) is 2.43. The number of rotatable bonds is 3. The summed E-state index contributed by atoms with van der Waals surface area (Å²) in [5.74, 6) is 0. The molecule has 1 aliphatic heterocycles. The molecule has 0 unspecified atom stereocenters. The molecule has 2 heterocycles. The molecule has 1 aliphatic rings. The molecule has 0 bridgehead atoms. The second-order valence-corrected chi connectivity index (χ2v) is 6.27. The first-order chi connectivity index (χ1) is 8.53. The molecular formula is C15H25N3. The van der Waals surface area contributed by atoms with Gasteiger partial charge < -0.3 is 5.32 Å². The Kier molecular flexibility index (Phi) is 4.36. The van der Waals surface area contributed by atoms with E-state index < -0.39 is 0 Å². The van der Waals surface area contributed by atoms with Gasteiger partial charge in [-0.15, -0.1) is 0 Å². The highest BCUT2D eigenvalue weighted by molar-refractivity contribution is 5.03. The molecule has 0 saturated carbocycles. The van der Waals surface area contributed by atoms with Gasteiger partial charge in [0.1, 0.15) is 0 Å². The minimum absolute atomic E-state index is 0.230. The highest BCUT2D eigenvalue weighted by Gasteiger charge is 2.22. The van der Waals surface area contributed by atoms with Crippen LogP contribution in [0.2, 0.25) is 0 Å². The fourth-order valence-electron chi connectivity index (χ4n) is 2.57. The van der Waals surface area contributed by atoms with E-state index in [1.807, 2.05) is 12.3 Å². The molecule has 1 fully saturated rings. The molecule has 0 amide bonds. The lowest BCUT2D eigenvalue weighted by atomic mass is 10.00. The minimum atomic E-state index is 0.230. The van der Waals surface area contributed by atoms with Crippen molar-refractivity contribution in [2.24, 2.45) is 0 Å². The van der Waals surface area contributed by atoms with Crippen molar-refractivity contribution < 1.29 is 0 Å². The van der Waals surface area contributed by atoms with Crippen LogP contribution >= 0.6 is 0 Å². The van der Waals surface area contributed by atoms with Crippen LogP contribution in [0.1, 0.15) is 39.3 Å². The van der Waals surface area contributed by atoms with Crippen LogP contribution in [-0.4, -0.2) is 34.6 Å². The summed E-state index contributed by atoms with van der Waals surface area (Å²) in [5.41, 5.74) is 1.41. The lowest BCUT2D eigenvalue weighted by Gasteiger charge is -2.36. The number of pyridine rings is 1. The lowest BCUT2D eigenvalue weighted by Crippen LogP contribution is -2.49. The van der Waals surface area contributed by atoms with Crippen molar-refractivity contribution >= 4 is 0 Å². The zero-order chi connectivity index (χ0) is 13.0. The molecule has 0 spiro atoms. The van der Waals surface area contributed by atoms with E-state index in [9.17, 15) is 0 Å². The molecule has 3 nitrogen and oxygen atoms in total. The van der Waals surface area contributed by atoms with Gasteiger partial charge in [-0.25, -0.2) is 0 Å². The average Bonchev–Trinajstić information content (AvgIpc) is 2.31. The maximum absolute atomic E-state index is 4.39. The van der Waals surface area contributed by atoms with E-state index in [0.717, 1.165) is 6.54 Å². The molecule has 0 radical (unpaired) electrons. The largest absolute Gasteiger partial charge is 0.309 e. The van der Waals surface area contributed by atoms with Crippen molar-refractivity contribution in [1.82, 2.24) is 15.2 Å². The fourth-order valence-corrected chi connectivity index (χ4v) is 2.57. The van der Waals surface area contributed by atoms with Crippen molar-refractivity contribution in [3.05, 3.63) is 30.1 Å². The lowest BCUT2D eigenvalue weighted by molar-refractivity contribution is 0.173. The van der Waals surface area contributed by atoms with Crippen molar-refractivity contribution in [2.45, 2.75) is 51.7 Å². The fraction of sp³-hybridized carbons (Fsp3) is 0.667. The van der Waals surface area contributed by atoms with Gasteiger partial charge in [-0.05, 0) is 45.7 Å². The maximum atomic E-state index is 4.39. The Labute approximate surface area is 111 Å². The summed E-state index contributed by atoms with van der Waals surface area (Å²) < 4.78 is 0. The molecule has 1 saturated heterocycles. The smallest absolute Gasteiger partial charge is 0.0543 e. The van der Waals surface area contributed by atoms with Gasteiger partial charge in [-0.2, -0.15) is 0 Å². The van der Waals surface area contributed by atoms with Crippen molar-refractivity contribution in [3.8, 4) is 0 Å². The minimum Gasteiger partial charge on any atom is -0.309 e. The van der Waals surface area contributed by atoms with Crippen LogP contribution < -0.4 is 5.32 Å². The number of nitrogens with zero attached hydrogens (tertiary/aromatic N) is 2. The normalized spacial score (nSPS) is 19.1. The van der Waals surface area contributed by atoms with Gasteiger partial charge in [0, 0.05) is 37.4 Å². The van der Waals surface area contributed by atoms with Gasteiger partial charge in [0.05, 0.1) is 5.69 Å². The van der Waals surface area contributed by atoms with E-state index in [0.29, 0.717) is 6.04 Å². The summed E-state index contributed by atoms with van der Waals surface area (Å²) in [7, 11) is 0. The molecule has 0 atom stereocenters. The summed E-state index contributed by atoms with van der Waals surface area (Å²) >= 11 is 0. The maximum Gasteiger partial charge on any atom is 0.0543 e. The van der Waals surface area contributed by atoms with E-state index in [1.54, 1.807) is 0 Å². The molecule has 1 N–H and O–H groups in total. The second kappa shape index (κ2) is 5.81. The molecule has 0 aromatic carbocycles. The third kappa shape index (κ3) is 4.39. The van der Waals surface area contributed by atoms with Gasteiger partial charge in [-0.1, -0.05) is 6.07 Å². The predicted molar refractivity (Wildman–Crippen MR) is 75.4 cm³/mol. The Morgan fingerprint density at radius 2 is 2.00 bits per heavy atom. The molecule has 2 rings (SSSR count). The van der Waals surface area contributed by atoms with Crippen LogP contribution in [0.25, 0.3) is 0 Å². The zero-order valence-corrected chi connectivity index (χ0v) is 11.8.